The maximum atomic E-state index is 11.6. The van der Waals surface area contributed by atoms with Crippen molar-refractivity contribution in [3.05, 3.63) is 33.9 Å². The Morgan fingerprint density at radius 3 is 2.60 bits per heavy atom. The van der Waals surface area contributed by atoms with Crippen molar-refractivity contribution in [2.24, 2.45) is 5.73 Å². The molecule has 0 radical (unpaired) electrons. The Morgan fingerprint density at radius 1 is 1.45 bits per heavy atom. The first-order chi connectivity index (χ1) is 9.23. The number of nitrogens with two attached hydrogens (primary N) is 1. The standard InChI is InChI=1S/C13H19N3O4/c1-13(2,3)15-12(17)8-20-11-5-4-9(7-14)6-10(11)16(18)19/h4-6H,7-8,14H2,1-3H3,(H,15,17). The van der Waals surface area contributed by atoms with Crippen LogP contribution in [-0.4, -0.2) is 23.0 Å². The van der Waals surface area contributed by atoms with E-state index in [1.54, 1.807) is 6.07 Å². The summed E-state index contributed by atoms with van der Waals surface area (Å²) >= 11 is 0. The van der Waals surface area contributed by atoms with E-state index < -0.39 is 4.92 Å². The van der Waals surface area contributed by atoms with Crippen LogP contribution in [0.2, 0.25) is 0 Å². The van der Waals surface area contributed by atoms with Crippen molar-refractivity contribution in [3.8, 4) is 5.75 Å². The van der Waals surface area contributed by atoms with Crippen molar-refractivity contribution in [3.63, 3.8) is 0 Å². The molecule has 110 valence electrons. The molecule has 1 aromatic carbocycles. The molecule has 7 heteroatoms. The predicted octanol–water partition coefficient (Wildman–Crippen LogP) is 1.35. The Kier molecular flexibility index (Phi) is 5.04. The minimum Gasteiger partial charge on any atom is -0.477 e. The van der Waals surface area contributed by atoms with Gasteiger partial charge in [-0.15, -0.1) is 0 Å². The molecule has 0 saturated carbocycles. The van der Waals surface area contributed by atoms with Gasteiger partial charge < -0.3 is 15.8 Å². The number of nitro groups is 1. The summed E-state index contributed by atoms with van der Waals surface area (Å²) in [6.45, 7) is 5.43. The highest BCUT2D eigenvalue weighted by Crippen LogP contribution is 2.27. The first kappa shape index (κ1) is 15.9. The molecule has 20 heavy (non-hydrogen) atoms. The van der Waals surface area contributed by atoms with E-state index in [9.17, 15) is 14.9 Å². The van der Waals surface area contributed by atoms with Crippen LogP contribution in [0.15, 0.2) is 18.2 Å². The first-order valence-corrected chi connectivity index (χ1v) is 6.14. The molecule has 0 spiro atoms. The number of carbonyl (C=O) groups is 1. The lowest BCUT2D eigenvalue weighted by Gasteiger charge is -2.20. The van der Waals surface area contributed by atoms with Crippen LogP contribution in [-0.2, 0) is 11.3 Å². The molecule has 7 nitrogen and oxygen atoms in total. The van der Waals surface area contributed by atoms with Crippen LogP contribution in [0.3, 0.4) is 0 Å². The maximum Gasteiger partial charge on any atom is 0.311 e. The van der Waals surface area contributed by atoms with Crippen molar-refractivity contribution >= 4 is 11.6 Å². The van der Waals surface area contributed by atoms with E-state index >= 15 is 0 Å². The Hall–Kier alpha value is -2.15. The summed E-state index contributed by atoms with van der Waals surface area (Å²) in [5, 5.41) is 13.7. The summed E-state index contributed by atoms with van der Waals surface area (Å²) in [6, 6.07) is 4.42. The molecule has 3 N–H and O–H groups in total. The molecule has 0 heterocycles. The third-order valence-electron chi connectivity index (χ3n) is 2.33. The van der Waals surface area contributed by atoms with Crippen LogP contribution >= 0.6 is 0 Å². The lowest BCUT2D eigenvalue weighted by atomic mass is 10.1. The van der Waals surface area contributed by atoms with Gasteiger partial charge in [-0.2, -0.15) is 0 Å². The average Bonchev–Trinajstić information content (AvgIpc) is 2.34. The number of hydrogen-bond donors (Lipinski definition) is 2. The topological polar surface area (TPSA) is 107 Å². The van der Waals surface area contributed by atoms with E-state index in [0.717, 1.165) is 0 Å². The number of benzene rings is 1. The number of rotatable bonds is 5. The number of nitrogens with zero attached hydrogens (tertiary/aromatic N) is 1. The van der Waals surface area contributed by atoms with Crippen molar-refractivity contribution in [1.82, 2.24) is 5.32 Å². The molecule has 0 bridgehead atoms. The van der Waals surface area contributed by atoms with Crippen LogP contribution in [0, 0.1) is 10.1 Å². The summed E-state index contributed by atoms with van der Waals surface area (Å²) in [6.07, 6.45) is 0. The monoisotopic (exact) mass is 281 g/mol. The lowest BCUT2D eigenvalue weighted by Crippen LogP contribution is -2.43. The van der Waals surface area contributed by atoms with E-state index in [4.69, 9.17) is 10.5 Å². The van der Waals surface area contributed by atoms with Gasteiger partial charge in [-0.3, -0.25) is 14.9 Å². The van der Waals surface area contributed by atoms with Crippen LogP contribution in [0.5, 0.6) is 5.75 Å². The number of amides is 1. The molecule has 0 aromatic heterocycles. The summed E-state index contributed by atoms with van der Waals surface area (Å²) in [4.78, 5) is 22.0. The zero-order valence-corrected chi connectivity index (χ0v) is 11.8. The predicted molar refractivity (Wildman–Crippen MR) is 74.4 cm³/mol. The van der Waals surface area contributed by atoms with Gasteiger partial charge in [0.2, 0.25) is 0 Å². The number of nitro benzene ring substituents is 1. The minimum atomic E-state index is -0.559. The number of hydrogen-bond acceptors (Lipinski definition) is 5. The summed E-state index contributed by atoms with van der Waals surface area (Å²) in [7, 11) is 0. The smallest absolute Gasteiger partial charge is 0.311 e. The fourth-order valence-corrected chi connectivity index (χ4v) is 1.55. The first-order valence-electron chi connectivity index (χ1n) is 6.14. The van der Waals surface area contributed by atoms with E-state index in [-0.39, 0.29) is 36.0 Å². The fraction of sp³-hybridized carbons (Fsp3) is 0.462. The molecule has 0 aliphatic rings. The molecule has 0 atom stereocenters. The molecule has 0 aliphatic carbocycles. The Labute approximate surface area is 117 Å². The van der Waals surface area contributed by atoms with Gasteiger partial charge in [-0.05, 0) is 32.4 Å². The largest absolute Gasteiger partial charge is 0.477 e. The SMILES string of the molecule is CC(C)(C)NC(=O)COc1ccc(CN)cc1[N+](=O)[O-]. The van der Waals surface area contributed by atoms with Gasteiger partial charge in [0.1, 0.15) is 0 Å². The van der Waals surface area contributed by atoms with Gasteiger partial charge in [0.25, 0.3) is 5.91 Å². The third kappa shape index (κ3) is 4.85. The normalized spacial score (nSPS) is 11.0. The second-order valence-corrected chi connectivity index (χ2v) is 5.35. The van der Waals surface area contributed by atoms with Crippen LogP contribution in [0.4, 0.5) is 5.69 Å². The molecular formula is C13H19N3O4. The van der Waals surface area contributed by atoms with Crippen molar-refractivity contribution < 1.29 is 14.5 Å². The second kappa shape index (κ2) is 6.33. The van der Waals surface area contributed by atoms with Crippen molar-refractivity contribution in [2.75, 3.05) is 6.61 Å². The van der Waals surface area contributed by atoms with Gasteiger partial charge >= 0.3 is 5.69 Å². The van der Waals surface area contributed by atoms with E-state index in [0.29, 0.717) is 5.56 Å². The van der Waals surface area contributed by atoms with Gasteiger partial charge in [0.15, 0.2) is 12.4 Å². The van der Waals surface area contributed by atoms with E-state index in [1.807, 2.05) is 20.8 Å². The highest BCUT2D eigenvalue weighted by atomic mass is 16.6. The van der Waals surface area contributed by atoms with Gasteiger partial charge in [0.05, 0.1) is 4.92 Å². The zero-order valence-electron chi connectivity index (χ0n) is 11.8. The number of nitrogens with one attached hydrogen (secondary N) is 1. The van der Waals surface area contributed by atoms with Crippen LogP contribution < -0.4 is 15.8 Å². The summed E-state index contributed by atoms with van der Waals surface area (Å²) in [5.74, 6) is -0.286. The minimum absolute atomic E-state index is 0.0521. The molecule has 0 fully saturated rings. The van der Waals surface area contributed by atoms with E-state index in [2.05, 4.69) is 5.32 Å². The molecule has 0 saturated heterocycles. The summed E-state index contributed by atoms with van der Waals surface area (Å²) < 4.78 is 5.21. The highest BCUT2D eigenvalue weighted by molar-refractivity contribution is 5.78. The second-order valence-electron chi connectivity index (χ2n) is 5.35. The highest BCUT2D eigenvalue weighted by Gasteiger charge is 2.18. The fourth-order valence-electron chi connectivity index (χ4n) is 1.55. The molecule has 1 rings (SSSR count). The number of ether oxygens (including phenoxy) is 1. The molecular weight excluding hydrogens is 262 g/mol. The third-order valence-corrected chi connectivity index (χ3v) is 2.33. The van der Waals surface area contributed by atoms with Crippen molar-refractivity contribution in [2.45, 2.75) is 32.9 Å². The zero-order chi connectivity index (χ0) is 15.3. The Morgan fingerprint density at radius 2 is 2.10 bits per heavy atom. The molecule has 0 unspecified atom stereocenters. The summed E-state index contributed by atoms with van der Waals surface area (Å²) in [5.41, 5.74) is 5.48. The molecule has 0 aliphatic heterocycles. The van der Waals surface area contributed by atoms with Gasteiger partial charge in [0, 0.05) is 18.2 Å². The lowest BCUT2D eigenvalue weighted by molar-refractivity contribution is -0.385. The average molecular weight is 281 g/mol. The van der Waals surface area contributed by atoms with Gasteiger partial charge in [-0.1, -0.05) is 6.07 Å². The van der Waals surface area contributed by atoms with Crippen LogP contribution in [0.25, 0.3) is 0 Å². The number of carbonyl (C=O) groups excluding carboxylic acids is 1. The van der Waals surface area contributed by atoms with Crippen LogP contribution in [0.1, 0.15) is 26.3 Å². The Balaban J connectivity index is 2.77. The van der Waals surface area contributed by atoms with E-state index in [1.165, 1.54) is 12.1 Å². The Bertz CT molecular complexity index is 509. The molecule has 1 aromatic rings. The maximum absolute atomic E-state index is 11.6. The van der Waals surface area contributed by atoms with Gasteiger partial charge in [-0.25, -0.2) is 0 Å². The quantitative estimate of drug-likeness (QED) is 0.625. The van der Waals surface area contributed by atoms with Crippen molar-refractivity contribution in [1.29, 1.82) is 0 Å². The molecule has 1 amide bonds.